The van der Waals surface area contributed by atoms with E-state index >= 15 is 0 Å². The van der Waals surface area contributed by atoms with Crippen molar-refractivity contribution in [3.05, 3.63) is 0 Å². The second-order valence-corrected chi connectivity index (χ2v) is 5.04. The van der Waals surface area contributed by atoms with E-state index in [1.165, 1.54) is 7.11 Å². The zero-order valence-electron chi connectivity index (χ0n) is 12.7. The van der Waals surface area contributed by atoms with Crippen molar-refractivity contribution in [3.63, 3.8) is 0 Å². The summed E-state index contributed by atoms with van der Waals surface area (Å²) in [5.74, 6) is -0.107. The van der Waals surface area contributed by atoms with E-state index in [1.54, 1.807) is 0 Å². The molecule has 1 fully saturated rings. The Labute approximate surface area is 117 Å². The molecule has 1 aliphatic rings. The van der Waals surface area contributed by atoms with Crippen molar-refractivity contribution >= 4 is 5.97 Å². The van der Waals surface area contributed by atoms with Crippen LogP contribution in [0, 0.1) is 0 Å². The molecule has 1 saturated heterocycles. The lowest BCUT2D eigenvalue weighted by Crippen LogP contribution is -2.48. The molecule has 0 saturated carbocycles. The number of esters is 1. The molecule has 1 rings (SSSR count). The van der Waals surface area contributed by atoms with Crippen LogP contribution < -0.4 is 0 Å². The molecule has 0 radical (unpaired) electrons. The van der Waals surface area contributed by atoms with Gasteiger partial charge in [0.15, 0.2) is 0 Å². The van der Waals surface area contributed by atoms with Gasteiger partial charge >= 0.3 is 5.97 Å². The van der Waals surface area contributed by atoms with Crippen LogP contribution in [0.1, 0.15) is 20.3 Å². The summed E-state index contributed by atoms with van der Waals surface area (Å²) in [5, 5.41) is 0. The minimum Gasteiger partial charge on any atom is -0.469 e. The van der Waals surface area contributed by atoms with Crippen molar-refractivity contribution in [1.29, 1.82) is 0 Å². The lowest BCUT2D eigenvalue weighted by molar-refractivity contribution is -0.141. The van der Waals surface area contributed by atoms with Crippen molar-refractivity contribution in [1.82, 2.24) is 14.7 Å². The highest BCUT2D eigenvalue weighted by Crippen LogP contribution is 2.03. The van der Waals surface area contributed by atoms with Gasteiger partial charge in [0.25, 0.3) is 0 Å². The van der Waals surface area contributed by atoms with E-state index in [1.807, 2.05) is 0 Å². The molecule has 0 bridgehead atoms. The number of piperazine rings is 1. The third-order valence-corrected chi connectivity index (χ3v) is 3.95. The zero-order valence-corrected chi connectivity index (χ0v) is 12.7. The maximum absolute atomic E-state index is 11.1. The summed E-state index contributed by atoms with van der Waals surface area (Å²) in [6.07, 6.45) is 0.510. The van der Waals surface area contributed by atoms with E-state index < -0.39 is 0 Å². The Hall–Kier alpha value is -0.650. The second kappa shape index (κ2) is 9.28. The first-order valence-electron chi connectivity index (χ1n) is 7.43. The Morgan fingerprint density at radius 3 is 2.05 bits per heavy atom. The fourth-order valence-corrected chi connectivity index (χ4v) is 2.41. The first kappa shape index (κ1) is 16.4. The summed E-state index contributed by atoms with van der Waals surface area (Å²) < 4.78 is 4.67. The summed E-state index contributed by atoms with van der Waals surface area (Å²) >= 11 is 0. The number of likely N-dealkylation sites (N-methyl/N-ethyl adjacent to an activating group) is 1. The minimum absolute atomic E-state index is 0.107. The van der Waals surface area contributed by atoms with Gasteiger partial charge in [-0.25, -0.2) is 0 Å². The van der Waals surface area contributed by atoms with Gasteiger partial charge in [-0.2, -0.15) is 0 Å². The highest BCUT2D eigenvalue weighted by Gasteiger charge is 2.17. The number of nitrogens with zero attached hydrogens (tertiary/aromatic N) is 3. The second-order valence-electron chi connectivity index (χ2n) is 5.04. The average Bonchev–Trinajstić information content (AvgIpc) is 2.47. The fourth-order valence-electron chi connectivity index (χ4n) is 2.41. The molecule has 0 spiro atoms. The number of carbonyl (C=O) groups is 1. The summed E-state index contributed by atoms with van der Waals surface area (Å²) in [7, 11) is 1.45. The predicted molar refractivity (Wildman–Crippen MR) is 77.3 cm³/mol. The fraction of sp³-hybridized carbons (Fsp3) is 0.929. The van der Waals surface area contributed by atoms with Gasteiger partial charge in [-0.3, -0.25) is 9.69 Å². The van der Waals surface area contributed by atoms with Crippen LogP contribution in [0.15, 0.2) is 0 Å². The predicted octanol–water partition coefficient (Wildman–Crippen LogP) is 0.509. The lowest BCUT2D eigenvalue weighted by Gasteiger charge is -2.35. The molecule has 0 atom stereocenters. The number of rotatable bonds is 8. The number of hydrogen-bond acceptors (Lipinski definition) is 5. The molecule has 112 valence electrons. The van der Waals surface area contributed by atoms with Crippen molar-refractivity contribution in [2.75, 3.05) is 66.0 Å². The summed E-state index contributed by atoms with van der Waals surface area (Å²) in [4.78, 5) is 18.4. The van der Waals surface area contributed by atoms with Crippen molar-refractivity contribution in [2.45, 2.75) is 20.3 Å². The molecular formula is C14H29N3O2. The van der Waals surface area contributed by atoms with Gasteiger partial charge in [-0.1, -0.05) is 13.8 Å². The SMILES string of the molecule is CCN(CC)CCN1CCN(CCC(=O)OC)CC1. The molecule has 19 heavy (non-hydrogen) atoms. The van der Waals surface area contributed by atoms with Gasteiger partial charge in [0.2, 0.25) is 0 Å². The number of carbonyl (C=O) groups excluding carboxylic acids is 1. The van der Waals surface area contributed by atoms with Crippen LogP contribution in [0.25, 0.3) is 0 Å². The van der Waals surface area contributed by atoms with E-state index in [9.17, 15) is 4.79 Å². The van der Waals surface area contributed by atoms with Crippen molar-refractivity contribution < 1.29 is 9.53 Å². The molecule has 1 aliphatic heterocycles. The quantitative estimate of drug-likeness (QED) is 0.601. The highest BCUT2D eigenvalue weighted by molar-refractivity contribution is 5.69. The maximum atomic E-state index is 11.1. The largest absolute Gasteiger partial charge is 0.469 e. The van der Waals surface area contributed by atoms with Crippen LogP contribution in [-0.2, 0) is 9.53 Å². The van der Waals surface area contributed by atoms with Crippen LogP contribution in [0.4, 0.5) is 0 Å². The molecule has 1 heterocycles. The monoisotopic (exact) mass is 271 g/mol. The Balaban J connectivity index is 2.13. The van der Waals surface area contributed by atoms with Gasteiger partial charge in [0, 0.05) is 45.8 Å². The van der Waals surface area contributed by atoms with Crippen LogP contribution in [0.5, 0.6) is 0 Å². The lowest BCUT2D eigenvalue weighted by atomic mass is 10.3. The highest BCUT2D eigenvalue weighted by atomic mass is 16.5. The molecule has 0 aliphatic carbocycles. The van der Waals surface area contributed by atoms with Gasteiger partial charge in [-0.05, 0) is 13.1 Å². The molecule has 0 aromatic heterocycles. The molecule has 0 aromatic rings. The van der Waals surface area contributed by atoms with Crippen LogP contribution in [-0.4, -0.2) is 86.7 Å². The van der Waals surface area contributed by atoms with E-state index in [0.29, 0.717) is 6.42 Å². The molecule has 0 unspecified atom stereocenters. The maximum Gasteiger partial charge on any atom is 0.306 e. The molecule has 0 N–H and O–H groups in total. The molecule has 5 nitrogen and oxygen atoms in total. The third kappa shape index (κ3) is 6.36. The van der Waals surface area contributed by atoms with Crippen molar-refractivity contribution in [2.24, 2.45) is 0 Å². The van der Waals surface area contributed by atoms with Crippen LogP contribution in [0.2, 0.25) is 0 Å². The van der Waals surface area contributed by atoms with E-state index in [0.717, 1.165) is 58.9 Å². The summed E-state index contributed by atoms with van der Waals surface area (Å²) in [6.45, 7) is 14.2. The first-order chi connectivity index (χ1) is 9.19. The standard InChI is InChI=1S/C14H29N3O2/c1-4-15(5-2)8-9-17-12-10-16(11-13-17)7-6-14(18)19-3/h4-13H2,1-3H3. The van der Waals surface area contributed by atoms with Crippen LogP contribution in [0.3, 0.4) is 0 Å². The van der Waals surface area contributed by atoms with Gasteiger partial charge in [0.1, 0.15) is 0 Å². The smallest absolute Gasteiger partial charge is 0.306 e. The van der Waals surface area contributed by atoms with E-state index in [-0.39, 0.29) is 5.97 Å². The van der Waals surface area contributed by atoms with Crippen LogP contribution >= 0.6 is 0 Å². The molecule has 0 amide bonds. The van der Waals surface area contributed by atoms with E-state index in [4.69, 9.17) is 0 Å². The molecule has 0 aromatic carbocycles. The first-order valence-corrected chi connectivity index (χ1v) is 7.43. The molecular weight excluding hydrogens is 242 g/mol. The normalized spacial score (nSPS) is 17.9. The Kier molecular flexibility index (Phi) is 8.02. The van der Waals surface area contributed by atoms with Gasteiger partial charge in [-0.15, -0.1) is 0 Å². The summed E-state index contributed by atoms with van der Waals surface area (Å²) in [5.41, 5.74) is 0. The number of methoxy groups -OCH3 is 1. The van der Waals surface area contributed by atoms with Gasteiger partial charge in [0.05, 0.1) is 13.5 Å². The number of hydrogen-bond donors (Lipinski definition) is 0. The Morgan fingerprint density at radius 1 is 1.05 bits per heavy atom. The van der Waals surface area contributed by atoms with E-state index in [2.05, 4.69) is 33.3 Å². The van der Waals surface area contributed by atoms with Crippen molar-refractivity contribution in [3.8, 4) is 0 Å². The molecule has 5 heteroatoms. The zero-order chi connectivity index (χ0) is 14.1. The Morgan fingerprint density at radius 2 is 1.58 bits per heavy atom. The Bertz CT molecular complexity index is 249. The van der Waals surface area contributed by atoms with Gasteiger partial charge < -0.3 is 14.5 Å². The minimum atomic E-state index is -0.107. The summed E-state index contributed by atoms with van der Waals surface area (Å²) in [6, 6.07) is 0. The third-order valence-electron chi connectivity index (χ3n) is 3.95. The topological polar surface area (TPSA) is 36.0 Å². The average molecular weight is 271 g/mol. The number of ether oxygens (including phenoxy) is 1.